The van der Waals surface area contributed by atoms with E-state index in [9.17, 15) is 14.5 Å². The summed E-state index contributed by atoms with van der Waals surface area (Å²) in [7, 11) is -4.63. The molecule has 0 bridgehead atoms. The Bertz CT molecular complexity index is 767. The molecule has 1 heterocycles. The average molecular weight is 412 g/mol. The van der Waals surface area contributed by atoms with E-state index in [2.05, 4.69) is 13.5 Å². The number of hydrogen-bond acceptors (Lipinski definition) is 5. The van der Waals surface area contributed by atoms with Gasteiger partial charge >= 0.3 is 13.8 Å². The van der Waals surface area contributed by atoms with Crippen LogP contribution in [0.5, 0.6) is 0 Å². The minimum absolute atomic E-state index is 0.0116. The number of hydrogen-bond donors (Lipinski definition) is 3. The van der Waals surface area contributed by atoms with Crippen LogP contribution in [0.3, 0.4) is 0 Å². The van der Waals surface area contributed by atoms with Gasteiger partial charge in [-0.25, -0.2) is 9.36 Å². The first-order valence-electron chi connectivity index (χ1n) is 9.59. The Labute approximate surface area is 165 Å². The van der Waals surface area contributed by atoms with Crippen LogP contribution >= 0.6 is 7.82 Å². The minimum Gasteiger partial charge on any atom is -0.458 e. The SMILES string of the molecule is C=C1CCC2[C@](C)(CC[C@@H](O)[C@@]2(C)COP(=O)(O)O)C1/C=C/C1=CCOC1=O. The van der Waals surface area contributed by atoms with Crippen LogP contribution in [0.25, 0.3) is 0 Å². The highest BCUT2D eigenvalue weighted by Crippen LogP contribution is 2.62. The molecule has 0 spiro atoms. The summed E-state index contributed by atoms with van der Waals surface area (Å²) in [5.41, 5.74) is 0.548. The molecule has 3 rings (SSSR count). The molecule has 2 unspecified atom stereocenters. The molecule has 3 N–H and O–H groups in total. The van der Waals surface area contributed by atoms with Gasteiger partial charge in [0.05, 0.1) is 18.3 Å². The standard InChI is InChI=1S/C20H29O7P/c1-13-4-7-16-19(2,15(13)6-5-14-9-11-26-18(14)22)10-8-17(21)20(16,3)12-27-28(23,24)25/h5-6,9,15-17,21H,1,4,7-8,10-12H2,2-3H3,(H2,23,24,25)/b6-5+/t15?,16?,17-,19-,20+/m1/s1. The molecule has 0 amide bonds. The number of phosphoric ester groups is 1. The maximum atomic E-state index is 11.7. The molecule has 1 aliphatic heterocycles. The van der Waals surface area contributed by atoms with E-state index in [0.717, 1.165) is 24.8 Å². The second kappa shape index (κ2) is 7.54. The zero-order valence-corrected chi connectivity index (χ0v) is 17.2. The van der Waals surface area contributed by atoms with Crippen LogP contribution in [0.1, 0.15) is 39.5 Å². The Morgan fingerprint density at radius 2 is 2.11 bits per heavy atom. The maximum Gasteiger partial charge on any atom is 0.469 e. The van der Waals surface area contributed by atoms with Crippen molar-refractivity contribution in [2.75, 3.05) is 13.2 Å². The molecule has 0 aromatic heterocycles. The molecule has 8 heteroatoms. The molecule has 0 radical (unpaired) electrons. The number of aliphatic hydroxyl groups is 1. The van der Waals surface area contributed by atoms with E-state index in [0.29, 0.717) is 12.0 Å². The number of allylic oxidation sites excluding steroid dienone is 2. The lowest BCUT2D eigenvalue weighted by Gasteiger charge is -2.59. The van der Waals surface area contributed by atoms with Gasteiger partial charge in [-0.05, 0) is 43.1 Å². The van der Waals surface area contributed by atoms with Crippen LogP contribution in [0.15, 0.2) is 36.0 Å². The summed E-state index contributed by atoms with van der Waals surface area (Å²) in [5, 5.41) is 10.7. The number of fused-ring (bicyclic) bond motifs is 1. The fourth-order valence-electron chi connectivity index (χ4n) is 5.41. The Kier molecular flexibility index (Phi) is 5.78. The van der Waals surface area contributed by atoms with Crippen molar-refractivity contribution in [3.8, 4) is 0 Å². The molecule has 2 fully saturated rings. The van der Waals surface area contributed by atoms with Crippen molar-refractivity contribution in [3.05, 3.63) is 36.0 Å². The fraction of sp³-hybridized carbons (Fsp3) is 0.650. The molecule has 5 atom stereocenters. The first-order chi connectivity index (χ1) is 13.0. The molecule has 2 saturated carbocycles. The Morgan fingerprint density at radius 1 is 1.39 bits per heavy atom. The van der Waals surface area contributed by atoms with E-state index in [-0.39, 0.29) is 36.4 Å². The number of carbonyl (C=O) groups is 1. The molecule has 156 valence electrons. The highest BCUT2D eigenvalue weighted by Gasteiger charge is 2.57. The monoisotopic (exact) mass is 412 g/mol. The number of aliphatic hydroxyl groups excluding tert-OH is 1. The van der Waals surface area contributed by atoms with Crippen molar-refractivity contribution in [2.24, 2.45) is 22.7 Å². The zero-order valence-electron chi connectivity index (χ0n) is 16.3. The lowest BCUT2D eigenvalue weighted by molar-refractivity contribution is -0.144. The van der Waals surface area contributed by atoms with Gasteiger partial charge in [-0.1, -0.05) is 38.2 Å². The van der Waals surface area contributed by atoms with Gasteiger partial charge in [0.25, 0.3) is 0 Å². The molecule has 2 aliphatic carbocycles. The predicted octanol–water partition coefficient (Wildman–Crippen LogP) is 2.88. The number of carbonyl (C=O) groups excluding carboxylic acids is 1. The van der Waals surface area contributed by atoms with Crippen molar-refractivity contribution in [3.63, 3.8) is 0 Å². The highest BCUT2D eigenvalue weighted by molar-refractivity contribution is 7.46. The largest absolute Gasteiger partial charge is 0.469 e. The number of phosphoric acid groups is 1. The quantitative estimate of drug-likeness (QED) is 0.361. The van der Waals surface area contributed by atoms with Crippen LogP contribution < -0.4 is 0 Å². The summed E-state index contributed by atoms with van der Waals surface area (Å²) >= 11 is 0. The van der Waals surface area contributed by atoms with Gasteiger partial charge in [0.15, 0.2) is 0 Å². The molecule has 0 aromatic rings. The third-order valence-electron chi connectivity index (χ3n) is 6.98. The second-order valence-electron chi connectivity index (χ2n) is 8.67. The van der Waals surface area contributed by atoms with Crippen molar-refractivity contribution in [1.82, 2.24) is 0 Å². The lowest BCUT2D eigenvalue weighted by atomic mass is 9.46. The van der Waals surface area contributed by atoms with Gasteiger partial charge in [0.1, 0.15) is 6.61 Å². The summed E-state index contributed by atoms with van der Waals surface area (Å²) in [4.78, 5) is 30.1. The van der Waals surface area contributed by atoms with Gasteiger partial charge in [-0.2, -0.15) is 0 Å². The summed E-state index contributed by atoms with van der Waals surface area (Å²) < 4.78 is 21.1. The first kappa shape index (κ1) is 21.5. The minimum atomic E-state index is -4.63. The van der Waals surface area contributed by atoms with Crippen molar-refractivity contribution in [2.45, 2.75) is 45.6 Å². The Hall–Kier alpha value is -1.24. The van der Waals surface area contributed by atoms with Crippen LogP contribution in [-0.4, -0.2) is 40.2 Å². The molecule has 7 nitrogen and oxygen atoms in total. The summed E-state index contributed by atoms with van der Waals surface area (Å²) in [6.07, 6.45) is 7.59. The molecule has 28 heavy (non-hydrogen) atoms. The average Bonchev–Trinajstić information content (AvgIpc) is 3.01. The number of ether oxygens (including phenoxy) is 1. The van der Waals surface area contributed by atoms with Crippen molar-refractivity contribution >= 4 is 13.8 Å². The Morgan fingerprint density at radius 3 is 2.71 bits per heavy atom. The molecular weight excluding hydrogens is 383 g/mol. The normalized spacial score (nSPS) is 39.0. The fourth-order valence-corrected chi connectivity index (χ4v) is 5.85. The molecular formula is C20H29O7P. The zero-order chi connectivity index (χ0) is 20.7. The molecule has 3 aliphatic rings. The topological polar surface area (TPSA) is 113 Å². The van der Waals surface area contributed by atoms with Crippen LogP contribution in [-0.2, 0) is 18.6 Å². The van der Waals surface area contributed by atoms with Crippen LogP contribution in [0, 0.1) is 22.7 Å². The summed E-state index contributed by atoms with van der Waals surface area (Å²) in [6.45, 7) is 8.31. The highest BCUT2D eigenvalue weighted by atomic mass is 31.2. The number of cyclic esters (lactones) is 1. The Balaban J connectivity index is 1.90. The van der Waals surface area contributed by atoms with Crippen LogP contribution in [0.4, 0.5) is 0 Å². The smallest absolute Gasteiger partial charge is 0.458 e. The van der Waals surface area contributed by atoms with Crippen molar-refractivity contribution < 1.29 is 33.5 Å². The maximum absolute atomic E-state index is 11.7. The van der Waals surface area contributed by atoms with E-state index in [1.165, 1.54) is 0 Å². The number of rotatable bonds is 5. The predicted molar refractivity (Wildman–Crippen MR) is 103 cm³/mol. The van der Waals surface area contributed by atoms with E-state index < -0.39 is 19.3 Å². The first-order valence-corrected chi connectivity index (χ1v) is 11.1. The van der Waals surface area contributed by atoms with E-state index >= 15 is 0 Å². The van der Waals surface area contributed by atoms with Gasteiger partial charge in [0.2, 0.25) is 0 Å². The van der Waals surface area contributed by atoms with E-state index in [1.54, 1.807) is 12.2 Å². The number of esters is 1. The van der Waals surface area contributed by atoms with Gasteiger partial charge in [-0.15, -0.1) is 0 Å². The summed E-state index contributed by atoms with van der Waals surface area (Å²) in [5.74, 6) is -0.360. The van der Waals surface area contributed by atoms with Crippen molar-refractivity contribution in [1.29, 1.82) is 0 Å². The third-order valence-corrected chi connectivity index (χ3v) is 7.44. The van der Waals surface area contributed by atoms with E-state index in [1.807, 2.05) is 13.0 Å². The van der Waals surface area contributed by atoms with Crippen LogP contribution in [0.2, 0.25) is 0 Å². The molecule has 0 saturated heterocycles. The lowest BCUT2D eigenvalue weighted by Crippen LogP contribution is -2.57. The third kappa shape index (κ3) is 3.91. The second-order valence-corrected chi connectivity index (χ2v) is 9.91. The summed E-state index contributed by atoms with van der Waals surface area (Å²) in [6, 6.07) is 0. The van der Waals surface area contributed by atoms with Gasteiger partial charge in [-0.3, -0.25) is 4.52 Å². The van der Waals surface area contributed by atoms with E-state index in [4.69, 9.17) is 19.0 Å². The van der Waals surface area contributed by atoms with Gasteiger partial charge < -0.3 is 19.6 Å². The molecule has 0 aromatic carbocycles. The van der Waals surface area contributed by atoms with Gasteiger partial charge in [0, 0.05) is 11.3 Å².